The molecule has 22 heavy (non-hydrogen) atoms. The van der Waals surface area contributed by atoms with Crippen LogP contribution in [0.3, 0.4) is 0 Å². The van der Waals surface area contributed by atoms with E-state index in [-0.39, 0.29) is 12.5 Å². The molecule has 1 aliphatic heterocycles. The van der Waals surface area contributed by atoms with Crippen LogP contribution in [0.5, 0.6) is 0 Å². The summed E-state index contributed by atoms with van der Waals surface area (Å²) in [6.07, 6.45) is 3.70. The van der Waals surface area contributed by atoms with Crippen molar-refractivity contribution in [1.29, 1.82) is 0 Å². The molecule has 0 aliphatic carbocycles. The first kappa shape index (κ1) is 15.3. The lowest BCUT2D eigenvalue weighted by Crippen LogP contribution is -2.43. The number of likely N-dealkylation sites (tertiary alicyclic amines) is 1. The smallest absolute Gasteiger partial charge is 0.0514 e. The Bertz CT molecular complexity index is 554. The molecule has 2 heteroatoms. The average molecular weight is 295 g/mol. The third-order valence-electron chi connectivity index (χ3n) is 4.78. The molecule has 1 N–H and O–H groups in total. The Labute approximate surface area is 133 Å². The fraction of sp³-hybridized carbons (Fsp3) is 0.400. The number of hydrogen-bond donors (Lipinski definition) is 1. The van der Waals surface area contributed by atoms with Gasteiger partial charge in [0.2, 0.25) is 0 Å². The van der Waals surface area contributed by atoms with E-state index in [9.17, 15) is 5.11 Å². The van der Waals surface area contributed by atoms with Gasteiger partial charge in [-0.3, -0.25) is 4.90 Å². The third-order valence-corrected chi connectivity index (χ3v) is 4.78. The molecule has 116 valence electrons. The summed E-state index contributed by atoms with van der Waals surface area (Å²) in [5.74, 6) is 0.213. The van der Waals surface area contributed by atoms with Gasteiger partial charge in [-0.2, -0.15) is 0 Å². The number of hydrogen-bond acceptors (Lipinski definition) is 2. The normalized spacial score (nSPS) is 20.7. The van der Waals surface area contributed by atoms with Gasteiger partial charge in [0.1, 0.15) is 0 Å². The number of nitrogens with zero attached hydrogens (tertiary/aromatic N) is 1. The second-order valence-electron chi connectivity index (χ2n) is 6.22. The Morgan fingerprint density at radius 3 is 2.32 bits per heavy atom. The first-order chi connectivity index (χ1) is 10.9. The van der Waals surface area contributed by atoms with Crippen LogP contribution in [0.15, 0.2) is 60.7 Å². The highest BCUT2D eigenvalue weighted by Crippen LogP contribution is 2.31. The maximum Gasteiger partial charge on any atom is 0.0514 e. The van der Waals surface area contributed by atoms with Crippen molar-refractivity contribution in [3.63, 3.8) is 0 Å². The van der Waals surface area contributed by atoms with Crippen molar-refractivity contribution in [3.05, 3.63) is 71.8 Å². The third kappa shape index (κ3) is 3.57. The molecular weight excluding hydrogens is 270 g/mol. The fourth-order valence-electron chi connectivity index (χ4n) is 3.64. The van der Waals surface area contributed by atoms with Crippen LogP contribution in [0.4, 0.5) is 0 Å². The molecule has 0 unspecified atom stereocenters. The standard InChI is InChI=1S/C20H25NO/c22-16-19(18-11-5-2-6-12-18)20-13-7-8-14-21(20)15-17-9-3-1-4-10-17/h1-6,9-12,19-20,22H,7-8,13-16H2/t19-,20-/m1/s1. The van der Waals surface area contributed by atoms with Crippen molar-refractivity contribution >= 4 is 0 Å². The van der Waals surface area contributed by atoms with Crippen molar-refractivity contribution < 1.29 is 5.11 Å². The zero-order chi connectivity index (χ0) is 15.2. The Morgan fingerprint density at radius 2 is 1.64 bits per heavy atom. The minimum Gasteiger partial charge on any atom is -0.396 e. The van der Waals surface area contributed by atoms with Gasteiger partial charge in [0.15, 0.2) is 0 Å². The minimum atomic E-state index is 0.213. The van der Waals surface area contributed by atoms with Crippen LogP contribution in [0.1, 0.15) is 36.3 Å². The first-order valence-corrected chi connectivity index (χ1v) is 8.32. The SMILES string of the molecule is OC[C@H](c1ccccc1)[C@H]1CCCCN1Cc1ccccc1. The molecule has 3 rings (SSSR count). The fourth-order valence-corrected chi connectivity index (χ4v) is 3.64. The van der Waals surface area contributed by atoms with Gasteiger partial charge >= 0.3 is 0 Å². The number of piperidine rings is 1. The topological polar surface area (TPSA) is 23.5 Å². The molecule has 1 heterocycles. The predicted octanol–water partition coefficient (Wildman–Crippen LogP) is 3.82. The largest absolute Gasteiger partial charge is 0.396 e. The quantitative estimate of drug-likeness (QED) is 0.906. The summed E-state index contributed by atoms with van der Waals surface area (Å²) in [4.78, 5) is 2.56. The number of aliphatic hydroxyl groups is 1. The number of rotatable bonds is 5. The lowest BCUT2D eigenvalue weighted by atomic mass is 9.85. The van der Waals surface area contributed by atoms with Gasteiger partial charge < -0.3 is 5.11 Å². The van der Waals surface area contributed by atoms with Crippen molar-refractivity contribution in [2.24, 2.45) is 0 Å². The monoisotopic (exact) mass is 295 g/mol. The van der Waals surface area contributed by atoms with E-state index in [1.54, 1.807) is 0 Å². The summed E-state index contributed by atoms with van der Waals surface area (Å²) in [6, 6.07) is 21.6. The zero-order valence-electron chi connectivity index (χ0n) is 13.1. The Morgan fingerprint density at radius 1 is 0.955 bits per heavy atom. The van der Waals surface area contributed by atoms with E-state index >= 15 is 0 Å². The van der Waals surface area contributed by atoms with Gasteiger partial charge in [-0.1, -0.05) is 67.1 Å². The first-order valence-electron chi connectivity index (χ1n) is 8.32. The summed E-state index contributed by atoms with van der Waals surface area (Å²) in [7, 11) is 0. The summed E-state index contributed by atoms with van der Waals surface area (Å²) in [6.45, 7) is 2.33. The number of aliphatic hydroxyl groups excluding tert-OH is 1. The van der Waals surface area contributed by atoms with Crippen molar-refractivity contribution in [2.75, 3.05) is 13.2 Å². The molecule has 1 aliphatic rings. The van der Waals surface area contributed by atoms with Crippen molar-refractivity contribution in [2.45, 2.75) is 37.8 Å². The molecule has 0 bridgehead atoms. The number of benzene rings is 2. The van der Waals surface area contributed by atoms with Gasteiger partial charge in [0.05, 0.1) is 6.61 Å². The summed E-state index contributed by atoms with van der Waals surface area (Å²) in [5.41, 5.74) is 2.62. The zero-order valence-corrected chi connectivity index (χ0v) is 13.1. The molecule has 0 radical (unpaired) electrons. The van der Waals surface area contributed by atoms with Crippen molar-refractivity contribution in [1.82, 2.24) is 4.90 Å². The van der Waals surface area contributed by atoms with Crippen LogP contribution in [0, 0.1) is 0 Å². The van der Waals surface area contributed by atoms with Gasteiger partial charge in [-0.15, -0.1) is 0 Å². The van der Waals surface area contributed by atoms with E-state index in [1.165, 1.54) is 30.4 Å². The summed E-state index contributed by atoms with van der Waals surface area (Å²) < 4.78 is 0. The average Bonchev–Trinajstić information content (AvgIpc) is 2.59. The molecule has 0 saturated carbocycles. The van der Waals surface area contributed by atoms with Crippen LogP contribution in [0.25, 0.3) is 0 Å². The van der Waals surface area contributed by atoms with Crippen LogP contribution in [-0.4, -0.2) is 29.2 Å². The van der Waals surface area contributed by atoms with Gasteiger partial charge in [-0.05, 0) is 30.5 Å². The molecule has 2 aromatic rings. The van der Waals surface area contributed by atoms with E-state index in [1.807, 2.05) is 6.07 Å². The molecule has 0 aromatic heterocycles. The van der Waals surface area contributed by atoms with E-state index < -0.39 is 0 Å². The highest BCUT2D eigenvalue weighted by atomic mass is 16.3. The maximum absolute atomic E-state index is 9.99. The van der Waals surface area contributed by atoms with E-state index in [2.05, 4.69) is 59.5 Å². The Balaban J connectivity index is 1.79. The Hall–Kier alpha value is -1.64. The van der Waals surface area contributed by atoms with Crippen LogP contribution in [0.2, 0.25) is 0 Å². The molecule has 2 aromatic carbocycles. The highest BCUT2D eigenvalue weighted by Gasteiger charge is 2.30. The molecule has 0 spiro atoms. The maximum atomic E-state index is 9.99. The van der Waals surface area contributed by atoms with Crippen molar-refractivity contribution in [3.8, 4) is 0 Å². The second kappa shape index (κ2) is 7.57. The van der Waals surface area contributed by atoms with E-state index in [0.717, 1.165) is 13.1 Å². The minimum absolute atomic E-state index is 0.213. The van der Waals surface area contributed by atoms with Crippen LogP contribution < -0.4 is 0 Å². The van der Waals surface area contributed by atoms with Gasteiger partial charge in [0.25, 0.3) is 0 Å². The lowest BCUT2D eigenvalue weighted by molar-refractivity contribution is 0.0923. The molecule has 2 nitrogen and oxygen atoms in total. The highest BCUT2D eigenvalue weighted by molar-refractivity contribution is 5.22. The molecule has 0 amide bonds. The molecule has 1 fully saturated rings. The van der Waals surface area contributed by atoms with Crippen LogP contribution in [-0.2, 0) is 6.54 Å². The molecule has 2 atom stereocenters. The van der Waals surface area contributed by atoms with E-state index in [4.69, 9.17) is 0 Å². The Kier molecular flexibility index (Phi) is 5.25. The van der Waals surface area contributed by atoms with Gasteiger partial charge in [0, 0.05) is 18.5 Å². The van der Waals surface area contributed by atoms with Gasteiger partial charge in [-0.25, -0.2) is 0 Å². The van der Waals surface area contributed by atoms with Crippen LogP contribution >= 0.6 is 0 Å². The van der Waals surface area contributed by atoms with E-state index in [0.29, 0.717) is 6.04 Å². The summed E-state index contributed by atoms with van der Waals surface area (Å²) in [5, 5.41) is 9.99. The molecular formula is C20H25NO. The lowest BCUT2D eigenvalue weighted by Gasteiger charge is -2.40. The second-order valence-corrected chi connectivity index (χ2v) is 6.22. The molecule has 1 saturated heterocycles. The summed E-state index contributed by atoms with van der Waals surface area (Å²) >= 11 is 0. The predicted molar refractivity (Wildman–Crippen MR) is 90.8 cm³/mol.